The third-order valence-electron chi connectivity index (χ3n) is 2.19. The number of hydrogen-bond acceptors (Lipinski definition) is 4. The molecule has 2 N–H and O–H groups in total. The van der Waals surface area contributed by atoms with Crippen LogP contribution in [0.1, 0.15) is 19.8 Å². The number of rotatable bonds is 6. The van der Waals surface area contributed by atoms with E-state index in [0.29, 0.717) is 6.42 Å². The zero-order valence-corrected chi connectivity index (χ0v) is 11.2. The molecule has 0 radical (unpaired) electrons. The van der Waals surface area contributed by atoms with Gasteiger partial charge in [-0.2, -0.15) is 4.72 Å². The summed E-state index contributed by atoms with van der Waals surface area (Å²) in [7, 11) is -3.98. The maximum Gasteiger partial charge on any atom is 0.321 e. The van der Waals surface area contributed by atoms with Gasteiger partial charge in [0.25, 0.3) is 0 Å². The minimum atomic E-state index is -3.98. The van der Waals surface area contributed by atoms with Crippen molar-refractivity contribution >= 4 is 27.6 Å². The maximum atomic E-state index is 11.9. The number of aromatic nitrogens is 1. The zero-order chi connectivity index (χ0) is 13.8. The highest BCUT2D eigenvalue weighted by Crippen LogP contribution is 2.18. The SMILES string of the molecule is CCC[C@H](NS(=O)(=O)c1cccnc1Cl)C(=O)O. The molecule has 0 amide bonds. The maximum absolute atomic E-state index is 11.9. The van der Waals surface area contributed by atoms with Crippen LogP contribution in [-0.4, -0.2) is 30.5 Å². The summed E-state index contributed by atoms with van der Waals surface area (Å²) >= 11 is 5.67. The first kappa shape index (κ1) is 14.9. The molecule has 1 aromatic rings. The first-order chi connectivity index (χ1) is 8.38. The third-order valence-corrected chi connectivity index (χ3v) is 4.10. The summed E-state index contributed by atoms with van der Waals surface area (Å²) in [5.41, 5.74) is 0. The highest BCUT2D eigenvalue weighted by molar-refractivity contribution is 7.89. The Labute approximate surface area is 110 Å². The Hall–Kier alpha value is -1.18. The van der Waals surface area contributed by atoms with Gasteiger partial charge in [-0.05, 0) is 18.6 Å². The molecule has 1 heterocycles. The number of carbonyl (C=O) groups is 1. The minimum absolute atomic E-state index is 0.189. The normalized spacial score (nSPS) is 13.2. The second kappa shape index (κ2) is 6.12. The number of aliphatic carboxylic acids is 1. The fourth-order valence-corrected chi connectivity index (χ4v) is 3.02. The molecular weight excluding hydrogens is 280 g/mol. The molecule has 0 unspecified atom stereocenters. The Kier molecular flexibility index (Phi) is 5.06. The molecule has 0 aliphatic heterocycles. The van der Waals surface area contributed by atoms with Gasteiger partial charge in [0.2, 0.25) is 10.0 Å². The van der Waals surface area contributed by atoms with Crippen LogP contribution in [0.2, 0.25) is 5.15 Å². The van der Waals surface area contributed by atoms with E-state index in [1.54, 1.807) is 6.92 Å². The van der Waals surface area contributed by atoms with Gasteiger partial charge in [0.05, 0.1) is 0 Å². The predicted molar refractivity (Wildman–Crippen MR) is 65.9 cm³/mol. The lowest BCUT2D eigenvalue weighted by atomic mass is 10.2. The third kappa shape index (κ3) is 3.66. The minimum Gasteiger partial charge on any atom is -0.480 e. The average molecular weight is 293 g/mol. The van der Waals surface area contributed by atoms with Crippen molar-refractivity contribution in [2.24, 2.45) is 0 Å². The van der Waals surface area contributed by atoms with Crippen molar-refractivity contribution < 1.29 is 18.3 Å². The van der Waals surface area contributed by atoms with E-state index in [4.69, 9.17) is 16.7 Å². The van der Waals surface area contributed by atoms with E-state index in [1.165, 1.54) is 18.3 Å². The van der Waals surface area contributed by atoms with Gasteiger partial charge in [-0.25, -0.2) is 13.4 Å². The average Bonchev–Trinajstić information content (AvgIpc) is 2.28. The van der Waals surface area contributed by atoms with Gasteiger partial charge in [-0.3, -0.25) is 4.79 Å². The van der Waals surface area contributed by atoms with Crippen LogP contribution >= 0.6 is 11.6 Å². The molecule has 0 fully saturated rings. The number of halogens is 1. The summed E-state index contributed by atoms with van der Waals surface area (Å²) in [6, 6.07) is 1.51. The van der Waals surface area contributed by atoms with Crippen molar-refractivity contribution in [3.05, 3.63) is 23.5 Å². The molecule has 0 spiro atoms. The molecule has 0 saturated heterocycles. The van der Waals surface area contributed by atoms with Crippen molar-refractivity contribution in [1.82, 2.24) is 9.71 Å². The van der Waals surface area contributed by atoms with Crippen molar-refractivity contribution in [2.45, 2.75) is 30.7 Å². The van der Waals surface area contributed by atoms with Crippen LogP contribution in [0.4, 0.5) is 0 Å². The number of pyridine rings is 1. The van der Waals surface area contributed by atoms with E-state index in [-0.39, 0.29) is 16.5 Å². The van der Waals surface area contributed by atoms with Crippen LogP contribution in [0.25, 0.3) is 0 Å². The fourth-order valence-electron chi connectivity index (χ4n) is 1.34. The number of nitrogens with zero attached hydrogens (tertiary/aromatic N) is 1. The number of carboxylic acids is 1. The van der Waals surface area contributed by atoms with E-state index in [1.807, 2.05) is 0 Å². The largest absolute Gasteiger partial charge is 0.480 e. The van der Waals surface area contributed by atoms with Crippen LogP contribution in [0.3, 0.4) is 0 Å². The van der Waals surface area contributed by atoms with Gasteiger partial charge in [-0.15, -0.1) is 0 Å². The Morgan fingerprint density at radius 2 is 2.28 bits per heavy atom. The molecule has 0 aliphatic carbocycles. The number of nitrogens with one attached hydrogen (secondary N) is 1. The molecule has 0 saturated carbocycles. The quantitative estimate of drug-likeness (QED) is 0.770. The molecule has 0 aromatic carbocycles. The Bertz CT molecular complexity index is 532. The second-order valence-electron chi connectivity index (χ2n) is 3.59. The lowest BCUT2D eigenvalue weighted by Gasteiger charge is -2.14. The molecule has 1 atom stereocenters. The lowest BCUT2D eigenvalue weighted by molar-refractivity contribution is -0.139. The standard InChI is InChI=1S/C10H13ClN2O4S/c1-2-4-7(10(14)15)13-18(16,17)8-5-3-6-12-9(8)11/h3,5-7,13H,2,4H2,1H3,(H,14,15)/t7-/m0/s1. The molecule has 0 bridgehead atoms. The Balaban J connectivity index is 3.01. The molecule has 1 aromatic heterocycles. The van der Waals surface area contributed by atoms with E-state index < -0.39 is 22.0 Å². The molecule has 18 heavy (non-hydrogen) atoms. The smallest absolute Gasteiger partial charge is 0.321 e. The van der Waals surface area contributed by atoms with Gasteiger partial charge in [0, 0.05) is 6.20 Å². The summed E-state index contributed by atoms with van der Waals surface area (Å²) in [5.74, 6) is -1.22. The van der Waals surface area contributed by atoms with E-state index in [2.05, 4.69) is 9.71 Å². The molecular formula is C10H13ClN2O4S. The van der Waals surface area contributed by atoms with Crippen molar-refractivity contribution in [2.75, 3.05) is 0 Å². The summed E-state index contributed by atoms with van der Waals surface area (Å²) in [4.78, 5) is 14.3. The van der Waals surface area contributed by atoms with Gasteiger partial charge >= 0.3 is 5.97 Å². The van der Waals surface area contributed by atoms with Gasteiger partial charge in [0.1, 0.15) is 16.1 Å². The monoisotopic (exact) mass is 292 g/mol. The highest BCUT2D eigenvalue weighted by Gasteiger charge is 2.26. The molecule has 100 valence electrons. The van der Waals surface area contributed by atoms with Gasteiger partial charge in [-0.1, -0.05) is 24.9 Å². The van der Waals surface area contributed by atoms with E-state index >= 15 is 0 Å². The highest BCUT2D eigenvalue weighted by atomic mass is 35.5. The van der Waals surface area contributed by atoms with Crippen molar-refractivity contribution in [3.63, 3.8) is 0 Å². The molecule has 6 nitrogen and oxygen atoms in total. The molecule has 8 heteroatoms. The summed E-state index contributed by atoms with van der Waals surface area (Å²) in [6.45, 7) is 1.77. The van der Waals surface area contributed by atoms with Gasteiger partial charge < -0.3 is 5.11 Å². The number of carboxylic acid groups (broad SMARTS) is 1. The van der Waals surface area contributed by atoms with Crippen LogP contribution in [-0.2, 0) is 14.8 Å². The summed E-state index contributed by atoms with van der Waals surface area (Å²) < 4.78 is 26.0. The summed E-state index contributed by atoms with van der Waals surface area (Å²) in [5, 5.41) is 8.72. The first-order valence-electron chi connectivity index (χ1n) is 5.24. The summed E-state index contributed by atoms with van der Waals surface area (Å²) in [6.07, 6.45) is 2.09. The van der Waals surface area contributed by atoms with Gasteiger partial charge in [0.15, 0.2) is 0 Å². The lowest BCUT2D eigenvalue weighted by Crippen LogP contribution is -2.40. The fraction of sp³-hybridized carbons (Fsp3) is 0.400. The Morgan fingerprint density at radius 3 is 2.78 bits per heavy atom. The first-order valence-corrected chi connectivity index (χ1v) is 7.10. The number of hydrogen-bond donors (Lipinski definition) is 2. The molecule has 0 aliphatic rings. The topological polar surface area (TPSA) is 96.4 Å². The van der Waals surface area contributed by atoms with Crippen LogP contribution in [0.15, 0.2) is 23.2 Å². The van der Waals surface area contributed by atoms with Crippen LogP contribution in [0, 0.1) is 0 Å². The van der Waals surface area contributed by atoms with Crippen LogP contribution < -0.4 is 4.72 Å². The molecule has 1 rings (SSSR count). The zero-order valence-electron chi connectivity index (χ0n) is 9.63. The van der Waals surface area contributed by atoms with E-state index in [9.17, 15) is 13.2 Å². The van der Waals surface area contributed by atoms with Crippen LogP contribution in [0.5, 0.6) is 0 Å². The van der Waals surface area contributed by atoms with E-state index in [0.717, 1.165) is 0 Å². The second-order valence-corrected chi connectivity index (χ2v) is 5.63. The Morgan fingerprint density at radius 1 is 1.61 bits per heavy atom. The van der Waals surface area contributed by atoms with Crippen molar-refractivity contribution in [3.8, 4) is 0 Å². The number of sulfonamides is 1. The van der Waals surface area contributed by atoms with Crippen molar-refractivity contribution in [1.29, 1.82) is 0 Å². The predicted octanol–water partition coefficient (Wildman–Crippen LogP) is 1.27.